The summed E-state index contributed by atoms with van der Waals surface area (Å²) in [4.78, 5) is 31.8. The van der Waals surface area contributed by atoms with Gasteiger partial charge in [-0.05, 0) is 212 Å². The Bertz CT molecular complexity index is 10200. The largest absolute Gasteiger partial charge is 0.456 e. The normalized spacial score (nSPS) is 13.0. The van der Waals surface area contributed by atoms with E-state index in [4.69, 9.17) is 34.3 Å². The fourth-order valence-electron chi connectivity index (χ4n) is 23.4. The second-order valence-electron chi connectivity index (χ2n) is 38.5. The molecule has 7 heteroatoms. The molecule has 0 aliphatic heterocycles. The summed E-state index contributed by atoms with van der Waals surface area (Å²) in [5.74, 6) is 0. The van der Waals surface area contributed by atoms with Crippen LogP contribution in [0.2, 0.25) is 0 Å². The van der Waals surface area contributed by atoms with E-state index in [1.807, 2.05) is 30.3 Å². The second kappa shape index (κ2) is 30.9. The lowest BCUT2D eigenvalue weighted by Crippen LogP contribution is -2.15. The third-order valence-electron chi connectivity index (χ3n) is 30.0. The minimum atomic E-state index is -0.0658. The van der Waals surface area contributed by atoms with Crippen molar-refractivity contribution in [3.8, 4) is 89.8 Å². The molecule has 7 nitrogen and oxygen atoms in total. The molecule has 0 bridgehead atoms. The number of nitrogens with zero attached hydrogens (tertiary/aromatic N) is 6. The molecular weight excluding hydrogens is 1690 g/mol. The van der Waals surface area contributed by atoms with Crippen LogP contribution in [0, 0.1) is 0 Å². The summed E-state index contributed by atoms with van der Waals surface area (Å²) >= 11 is 0. The zero-order valence-electron chi connectivity index (χ0n) is 76.7. The fourth-order valence-corrected chi connectivity index (χ4v) is 23.4. The van der Waals surface area contributed by atoms with E-state index >= 15 is 0 Å². The number of hydrogen-bond acceptors (Lipinski definition) is 7. The Morgan fingerprint density at radius 1 is 0.180 bits per heavy atom. The van der Waals surface area contributed by atoms with Crippen LogP contribution in [-0.4, -0.2) is 29.9 Å². The third kappa shape index (κ3) is 12.5. The molecule has 0 fully saturated rings. The van der Waals surface area contributed by atoms with Crippen molar-refractivity contribution < 1.29 is 4.42 Å². The van der Waals surface area contributed by atoms with E-state index < -0.39 is 0 Å². The highest BCUT2D eigenvalue weighted by Crippen LogP contribution is 2.56. The molecule has 648 valence electrons. The Hall–Kier alpha value is -17.8. The molecule has 0 unspecified atom stereocenters. The maximum Gasteiger partial charge on any atom is 0.136 e. The number of hydrogen-bond donors (Lipinski definition) is 0. The number of fused-ring (bicyclic) bond motifs is 36. The van der Waals surface area contributed by atoms with Gasteiger partial charge in [0.15, 0.2) is 0 Å². The van der Waals surface area contributed by atoms with E-state index in [9.17, 15) is 0 Å². The molecule has 0 saturated heterocycles. The highest BCUT2D eigenvalue weighted by molar-refractivity contribution is 6.30. The molecule has 0 spiro atoms. The van der Waals surface area contributed by atoms with Crippen LogP contribution in [0.25, 0.3) is 274 Å². The summed E-state index contributed by atoms with van der Waals surface area (Å²) in [6.07, 6.45) is 0. The van der Waals surface area contributed by atoms with E-state index in [1.54, 1.807) is 0 Å². The highest BCUT2D eigenvalue weighted by Gasteiger charge is 2.39. The van der Waals surface area contributed by atoms with Crippen LogP contribution in [-0.2, 0) is 10.8 Å². The van der Waals surface area contributed by atoms with E-state index in [2.05, 4.69) is 434 Å². The molecule has 0 radical (unpaired) electrons. The van der Waals surface area contributed by atoms with Crippen LogP contribution in [0.3, 0.4) is 0 Å². The molecule has 0 saturated carbocycles. The van der Waals surface area contributed by atoms with Crippen LogP contribution in [0.15, 0.2) is 441 Å². The number of para-hydroxylation sites is 1. The molecule has 30 rings (SSSR count). The zero-order valence-corrected chi connectivity index (χ0v) is 76.7. The zero-order chi connectivity index (χ0) is 92.0. The average molecular weight is 1770 g/mol. The van der Waals surface area contributed by atoms with Crippen LogP contribution in [0.1, 0.15) is 49.9 Å². The highest BCUT2D eigenvalue weighted by atomic mass is 16.3. The number of furan rings is 1. The first-order chi connectivity index (χ1) is 68.4. The molecule has 0 atom stereocenters. The minimum absolute atomic E-state index is 0.0224. The Labute approximate surface area is 800 Å². The molecular formula is C132H84N6O. The number of benzene rings is 24. The molecule has 2 aliphatic rings. The van der Waals surface area contributed by atoms with Gasteiger partial charge in [-0.2, -0.15) is 0 Å². The molecule has 28 aromatic rings. The SMILES string of the molecule is CC1(C)c2ccccc2-c2c1ccc1c2ccc2ccc3cc(-c4nc5c(ccc6ccccc65)nc4-c4ccccc4)ccc3c21.CC1(C)c2ccccc2-c2ccc3c(ccc4ccc5cc(-c6nc7c(ccc8ccccc87)nc6-c6ccccc6)ccc5c43)c21.c1ccc(-c2nc3ccc4ccccc4c3nc2-c2ccc3c(ccc4ccc5c(ccc6oc7ccccc7c65)c43)c2)cc1. The predicted octanol–water partition coefficient (Wildman–Crippen LogP) is 35.2. The van der Waals surface area contributed by atoms with E-state index in [-0.39, 0.29) is 10.8 Å². The Morgan fingerprint density at radius 2 is 0.511 bits per heavy atom. The van der Waals surface area contributed by atoms with Crippen LogP contribution in [0.4, 0.5) is 0 Å². The molecule has 2 aliphatic carbocycles. The van der Waals surface area contributed by atoms with Crippen molar-refractivity contribution >= 4 is 184 Å². The fraction of sp³-hybridized carbons (Fsp3) is 0.0455. The van der Waals surface area contributed by atoms with Gasteiger partial charge in [0, 0.05) is 71.1 Å². The minimum Gasteiger partial charge on any atom is -0.456 e. The first-order valence-corrected chi connectivity index (χ1v) is 47.9. The Kier molecular flexibility index (Phi) is 17.7. The van der Waals surface area contributed by atoms with Crippen molar-refractivity contribution in [1.82, 2.24) is 29.9 Å². The molecule has 0 N–H and O–H groups in total. The third-order valence-corrected chi connectivity index (χ3v) is 30.0. The summed E-state index contributed by atoms with van der Waals surface area (Å²) in [6.45, 7) is 9.44. The predicted molar refractivity (Wildman–Crippen MR) is 584 cm³/mol. The van der Waals surface area contributed by atoms with Crippen molar-refractivity contribution in [2.45, 2.75) is 38.5 Å². The quantitative estimate of drug-likeness (QED) is 0.153. The van der Waals surface area contributed by atoms with E-state index in [0.717, 1.165) is 139 Å². The van der Waals surface area contributed by atoms with Gasteiger partial charge in [0.1, 0.15) is 11.2 Å². The van der Waals surface area contributed by atoms with Gasteiger partial charge in [-0.3, -0.25) is 0 Å². The van der Waals surface area contributed by atoms with E-state index in [1.165, 1.54) is 158 Å². The lowest BCUT2D eigenvalue weighted by Gasteiger charge is -2.23. The van der Waals surface area contributed by atoms with Gasteiger partial charge in [-0.1, -0.05) is 410 Å². The standard InChI is InChI=1S/2C45H30N2.C42H24N2O/c1-45(2)37-15-9-8-14-36(37)41-35-22-18-28-16-17-30-26-31(19-21-32(30)40(28)34(35)23-24-38(41)45)43-42(29-11-4-3-5-12-29)46-39-25-20-27-10-6-7-13-33(27)44(39)47-43;1-45(2)38-15-9-8-14-34(38)36-24-23-35-37(41(36)45)22-18-28-16-17-30-26-31(19-21-32(30)40(28)35)43-42(29-11-4-3-5-12-29)46-39-25-20-27-10-6-7-13-33(27)44(39)47-43;1-2-9-27(10-3-1)40-41(44-42-31-11-5-4-8-25(31)18-22-35(42)43-40)29-17-19-30-28(24-29)15-14-26-16-20-33-32(38(26)30)21-23-37-39(33)34-12-6-7-13-36(34)45-37/h2*3-26H,1-2H3;1-24H. The van der Waals surface area contributed by atoms with Crippen LogP contribution >= 0.6 is 0 Å². The second-order valence-corrected chi connectivity index (χ2v) is 38.5. The molecule has 0 amide bonds. The van der Waals surface area contributed by atoms with Gasteiger partial charge >= 0.3 is 0 Å². The Morgan fingerprint density at radius 3 is 0.993 bits per heavy atom. The smallest absolute Gasteiger partial charge is 0.136 e. The van der Waals surface area contributed by atoms with Crippen molar-refractivity contribution in [1.29, 1.82) is 0 Å². The molecule has 4 heterocycles. The first kappa shape index (κ1) is 79.7. The van der Waals surface area contributed by atoms with Crippen molar-refractivity contribution in [2.24, 2.45) is 0 Å². The molecule has 24 aromatic carbocycles. The lowest BCUT2D eigenvalue weighted by molar-refractivity contribution is 0.661. The van der Waals surface area contributed by atoms with Gasteiger partial charge in [-0.25, -0.2) is 29.9 Å². The van der Waals surface area contributed by atoms with Crippen molar-refractivity contribution in [3.63, 3.8) is 0 Å². The topological polar surface area (TPSA) is 90.5 Å². The van der Waals surface area contributed by atoms with Crippen LogP contribution < -0.4 is 0 Å². The summed E-state index contributed by atoms with van der Waals surface area (Å²) < 4.78 is 6.22. The van der Waals surface area contributed by atoms with Crippen molar-refractivity contribution in [2.75, 3.05) is 0 Å². The van der Waals surface area contributed by atoms with Gasteiger partial charge in [0.25, 0.3) is 0 Å². The van der Waals surface area contributed by atoms with Gasteiger partial charge < -0.3 is 4.42 Å². The maximum absolute atomic E-state index is 6.22. The average Bonchev–Trinajstić information content (AvgIpc) is 1.56. The monoisotopic (exact) mass is 1770 g/mol. The summed E-state index contributed by atoms with van der Waals surface area (Å²) in [5.41, 5.74) is 30.1. The number of rotatable bonds is 6. The van der Waals surface area contributed by atoms with E-state index in [0.29, 0.717) is 0 Å². The van der Waals surface area contributed by atoms with Gasteiger partial charge in [0.2, 0.25) is 0 Å². The summed E-state index contributed by atoms with van der Waals surface area (Å²) in [5, 5.41) is 31.8. The lowest BCUT2D eigenvalue weighted by atomic mass is 9.79. The number of aromatic nitrogens is 6. The summed E-state index contributed by atoms with van der Waals surface area (Å²) in [7, 11) is 0. The first-order valence-electron chi connectivity index (χ1n) is 47.9. The van der Waals surface area contributed by atoms with Crippen LogP contribution in [0.5, 0.6) is 0 Å². The van der Waals surface area contributed by atoms with Crippen molar-refractivity contribution in [3.05, 3.63) is 459 Å². The summed E-state index contributed by atoms with van der Waals surface area (Å²) in [6, 6.07) is 157. The van der Waals surface area contributed by atoms with Gasteiger partial charge in [0.05, 0.1) is 67.3 Å². The Balaban J connectivity index is 0.000000103. The molecule has 139 heavy (non-hydrogen) atoms. The maximum atomic E-state index is 6.22. The molecule has 4 aromatic heterocycles. The van der Waals surface area contributed by atoms with Gasteiger partial charge in [-0.15, -0.1) is 0 Å².